The summed E-state index contributed by atoms with van der Waals surface area (Å²) >= 11 is 0. The van der Waals surface area contributed by atoms with Gasteiger partial charge in [0.2, 0.25) is 0 Å². The highest BCUT2D eigenvalue weighted by Crippen LogP contribution is 2.26. The maximum absolute atomic E-state index is 13.8. The summed E-state index contributed by atoms with van der Waals surface area (Å²) in [7, 11) is 0. The van der Waals surface area contributed by atoms with E-state index in [-0.39, 0.29) is 23.9 Å². The quantitative estimate of drug-likeness (QED) is 0.877. The van der Waals surface area contributed by atoms with Crippen molar-refractivity contribution in [3.63, 3.8) is 0 Å². The zero-order valence-electron chi connectivity index (χ0n) is 10.5. The van der Waals surface area contributed by atoms with E-state index in [2.05, 4.69) is 0 Å². The van der Waals surface area contributed by atoms with Crippen molar-refractivity contribution >= 4 is 5.69 Å². The Balaban J connectivity index is 3.16. The Morgan fingerprint density at radius 3 is 2.28 bits per heavy atom. The molecule has 3 nitrogen and oxygen atoms in total. The second-order valence-corrected chi connectivity index (χ2v) is 4.26. The van der Waals surface area contributed by atoms with Crippen LogP contribution in [-0.4, -0.2) is 24.3 Å². The van der Waals surface area contributed by atoms with Crippen molar-refractivity contribution in [2.75, 3.05) is 18.1 Å². The van der Waals surface area contributed by atoms with E-state index in [0.717, 1.165) is 12.1 Å². The van der Waals surface area contributed by atoms with Crippen molar-refractivity contribution in [1.29, 1.82) is 5.26 Å². The molecule has 5 heteroatoms. The Kier molecular flexibility index (Phi) is 5.05. The summed E-state index contributed by atoms with van der Waals surface area (Å²) in [4.78, 5) is 1.54. The van der Waals surface area contributed by atoms with E-state index in [1.54, 1.807) is 11.0 Å². The van der Waals surface area contributed by atoms with Gasteiger partial charge in [-0.15, -0.1) is 0 Å². The number of nitrogens with zero attached hydrogens (tertiary/aromatic N) is 2. The fourth-order valence-electron chi connectivity index (χ4n) is 1.77. The van der Waals surface area contributed by atoms with Gasteiger partial charge in [-0.2, -0.15) is 5.26 Å². The number of anilines is 1. The van der Waals surface area contributed by atoms with E-state index in [1.165, 1.54) is 0 Å². The molecule has 1 rings (SSSR count). The van der Waals surface area contributed by atoms with E-state index >= 15 is 0 Å². The molecule has 0 saturated carbocycles. The van der Waals surface area contributed by atoms with Gasteiger partial charge in [0, 0.05) is 19.2 Å². The lowest BCUT2D eigenvalue weighted by Gasteiger charge is -2.29. The summed E-state index contributed by atoms with van der Waals surface area (Å²) in [5, 5.41) is 17.4. The smallest absolute Gasteiger partial charge is 0.150 e. The van der Waals surface area contributed by atoms with Gasteiger partial charge in [0.25, 0.3) is 0 Å². The Bertz CT molecular complexity index is 432. The lowest BCUT2D eigenvalue weighted by molar-refractivity contribution is 0.288. The fraction of sp³-hybridized carbons (Fsp3) is 0.462. The Morgan fingerprint density at radius 2 is 1.89 bits per heavy atom. The molecular weight excluding hydrogens is 238 g/mol. The number of hydrogen-bond donors (Lipinski definition) is 1. The first kappa shape index (κ1) is 14.4. The molecule has 18 heavy (non-hydrogen) atoms. The molecule has 0 unspecified atom stereocenters. The minimum atomic E-state index is -0.752. The van der Waals surface area contributed by atoms with Crippen LogP contribution in [0.5, 0.6) is 0 Å². The molecule has 0 aliphatic rings. The van der Waals surface area contributed by atoms with Crippen LogP contribution in [0.15, 0.2) is 12.1 Å². The van der Waals surface area contributed by atoms with Gasteiger partial charge in [-0.05, 0) is 32.4 Å². The van der Waals surface area contributed by atoms with Gasteiger partial charge in [-0.1, -0.05) is 0 Å². The molecule has 0 heterocycles. The average molecular weight is 254 g/mol. The lowest BCUT2D eigenvalue weighted by Crippen LogP contribution is -2.33. The third-order valence-corrected chi connectivity index (χ3v) is 2.61. The summed E-state index contributed by atoms with van der Waals surface area (Å²) in [6, 6.07) is 3.65. The first-order chi connectivity index (χ1) is 8.51. The molecule has 0 radical (unpaired) electrons. The Morgan fingerprint density at radius 1 is 1.33 bits per heavy atom. The SMILES string of the molecule is CC(C)N(CCCO)c1c(F)cc(C#N)cc1F. The van der Waals surface area contributed by atoms with Crippen molar-refractivity contribution in [2.45, 2.75) is 26.3 Å². The predicted molar refractivity (Wildman–Crippen MR) is 65.3 cm³/mol. The molecule has 98 valence electrons. The van der Waals surface area contributed by atoms with Crippen LogP contribution >= 0.6 is 0 Å². The maximum atomic E-state index is 13.8. The van der Waals surface area contributed by atoms with Crippen LogP contribution in [0.3, 0.4) is 0 Å². The van der Waals surface area contributed by atoms with Crippen LogP contribution in [0, 0.1) is 23.0 Å². The molecule has 1 N–H and O–H groups in total. The molecule has 1 aromatic carbocycles. The summed E-state index contributed by atoms with van der Waals surface area (Å²) < 4.78 is 27.7. The molecule has 0 aliphatic carbocycles. The third kappa shape index (κ3) is 3.17. The predicted octanol–water partition coefficient (Wildman–Crippen LogP) is 2.43. The van der Waals surface area contributed by atoms with Crippen LogP contribution in [0.25, 0.3) is 0 Å². The molecule has 0 amide bonds. The molecule has 0 aromatic heterocycles. The van der Waals surface area contributed by atoms with Crippen molar-refractivity contribution in [3.8, 4) is 6.07 Å². The molecule has 0 saturated heterocycles. The standard InChI is InChI=1S/C13H16F2N2O/c1-9(2)17(4-3-5-18)13-11(14)6-10(8-16)7-12(13)15/h6-7,9,18H,3-5H2,1-2H3. The number of rotatable bonds is 5. The van der Waals surface area contributed by atoms with Crippen LogP contribution in [0.1, 0.15) is 25.8 Å². The van der Waals surface area contributed by atoms with Gasteiger partial charge < -0.3 is 10.0 Å². The van der Waals surface area contributed by atoms with Crippen molar-refractivity contribution in [2.24, 2.45) is 0 Å². The molecule has 0 aliphatic heterocycles. The molecule has 0 spiro atoms. The Labute approximate surface area is 105 Å². The van der Waals surface area contributed by atoms with E-state index in [9.17, 15) is 8.78 Å². The third-order valence-electron chi connectivity index (χ3n) is 2.61. The first-order valence-electron chi connectivity index (χ1n) is 5.78. The molecule has 0 atom stereocenters. The van der Waals surface area contributed by atoms with E-state index < -0.39 is 11.6 Å². The minimum Gasteiger partial charge on any atom is -0.396 e. The van der Waals surface area contributed by atoms with Crippen molar-refractivity contribution < 1.29 is 13.9 Å². The monoisotopic (exact) mass is 254 g/mol. The second kappa shape index (κ2) is 6.31. The van der Waals surface area contributed by atoms with Crippen LogP contribution in [0.4, 0.5) is 14.5 Å². The fourth-order valence-corrected chi connectivity index (χ4v) is 1.77. The van der Waals surface area contributed by atoms with Crippen molar-refractivity contribution in [1.82, 2.24) is 0 Å². The highest BCUT2D eigenvalue weighted by Gasteiger charge is 2.20. The number of aliphatic hydroxyl groups excluding tert-OH is 1. The first-order valence-corrected chi connectivity index (χ1v) is 5.78. The maximum Gasteiger partial charge on any atom is 0.150 e. The second-order valence-electron chi connectivity index (χ2n) is 4.26. The Hall–Kier alpha value is -1.67. The minimum absolute atomic E-state index is 0.0390. The molecular formula is C13H16F2N2O. The van der Waals surface area contributed by atoms with Gasteiger partial charge in [0.1, 0.15) is 5.69 Å². The zero-order valence-corrected chi connectivity index (χ0v) is 10.5. The summed E-state index contributed by atoms with van der Waals surface area (Å²) in [6.45, 7) is 3.94. The van der Waals surface area contributed by atoms with Gasteiger partial charge in [-0.25, -0.2) is 8.78 Å². The zero-order chi connectivity index (χ0) is 13.7. The van der Waals surface area contributed by atoms with E-state index in [0.29, 0.717) is 13.0 Å². The van der Waals surface area contributed by atoms with Crippen LogP contribution in [-0.2, 0) is 0 Å². The number of benzene rings is 1. The lowest BCUT2D eigenvalue weighted by atomic mass is 10.1. The summed E-state index contributed by atoms with van der Waals surface area (Å²) in [5.74, 6) is -1.50. The van der Waals surface area contributed by atoms with Crippen molar-refractivity contribution in [3.05, 3.63) is 29.3 Å². The molecule has 0 fully saturated rings. The summed E-state index contributed by atoms with van der Waals surface area (Å²) in [5.41, 5.74) is -0.183. The highest BCUT2D eigenvalue weighted by molar-refractivity contribution is 5.53. The van der Waals surface area contributed by atoms with Crippen LogP contribution in [0.2, 0.25) is 0 Å². The van der Waals surface area contributed by atoms with Gasteiger partial charge in [0.15, 0.2) is 11.6 Å². The average Bonchev–Trinajstić information content (AvgIpc) is 2.31. The number of aliphatic hydroxyl groups is 1. The van der Waals surface area contributed by atoms with E-state index in [4.69, 9.17) is 10.4 Å². The normalized spacial score (nSPS) is 10.5. The van der Waals surface area contributed by atoms with Gasteiger partial charge in [0.05, 0.1) is 11.6 Å². The van der Waals surface area contributed by atoms with E-state index in [1.807, 2.05) is 13.8 Å². The largest absolute Gasteiger partial charge is 0.396 e. The highest BCUT2D eigenvalue weighted by atomic mass is 19.1. The van der Waals surface area contributed by atoms with Crippen LogP contribution < -0.4 is 4.90 Å². The topological polar surface area (TPSA) is 47.3 Å². The molecule has 1 aromatic rings. The number of hydrogen-bond acceptors (Lipinski definition) is 3. The molecule has 0 bridgehead atoms. The van der Waals surface area contributed by atoms with Gasteiger partial charge in [-0.3, -0.25) is 0 Å². The number of halogens is 2. The van der Waals surface area contributed by atoms with Gasteiger partial charge >= 0.3 is 0 Å². The summed E-state index contributed by atoms with van der Waals surface area (Å²) in [6.07, 6.45) is 0.428. The number of nitriles is 1.